The summed E-state index contributed by atoms with van der Waals surface area (Å²) in [6.07, 6.45) is 3.75. The number of nitrogens with zero attached hydrogens (tertiary/aromatic N) is 2. The number of ether oxygens (including phenoxy) is 1. The van der Waals surface area contributed by atoms with Crippen molar-refractivity contribution < 1.29 is 4.74 Å². The molecule has 5 nitrogen and oxygen atoms in total. The molecule has 2 N–H and O–H groups in total. The van der Waals surface area contributed by atoms with Gasteiger partial charge in [0.05, 0.1) is 13.2 Å². The fourth-order valence-corrected chi connectivity index (χ4v) is 2.91. The van der Waals surface area contributed by atoms with Crippen LogP contribution in [0.25, 0.3) is 0 Å². The van der Waals surface area contributed by atoms with Gasteiger partial charge in [-0.05, 0) is 33.1 Å². The normalized spacial score (nSPS) is 19.0. The first-order chi connectivity index (χ1) is 10.8. The van der Waals surface area contributed by atoms with Crippen LogP contribution in [0.4, 0.5) is 0 Å². The third kappa shape index (κ3) is 8.02. The molecule has 0 saturated carbocycles. The average Bonchev–Trinajstić information content (AvgIpc) is 2.52. The summed E-state index contributed by atoms with van der Waals surface area (Å²) in [5, 5.41) is 7.01. The molecule has 0 aliphatic carbocycles. The van der Waals surface area contributed by atoms with E-state index in [1.807, 2.05) is 7.05 Å². The van der Waals surface area contributed by atoms with Gasteiger partial charge < -0.3 is 15.4 Å². The smallest absolute Gasteiger partial charge is 0.191 e. The number of aliphatic imine (C=N–C) groups is 1. The molecule has 0 aromatic carbocycles. The Balaban J connectivity index is 2.34. The highest BCUT2D eigenvalue weighted by molar-refractivity contribution is 5.80. The molecule has 0 aromatic rings. The van der Waals surface area contributed by atoms with E-state index in [9.17, 15) is 0 Å². The van der Waals surface area contributed by atoms with Crippen LogP contribution in [0, 0.1) is 5.92 Å². The van der Waals surface area contributed by atoms with Gasteiger partial charge in [0.25, 0.3) is 0 Å². The fourth-order valence-electron chi connectivity index (χ4n) is 2.91. The highest BCUT2D eigenvalue weighted by Gasteiger charge is 2.28. The maximum absolute atomic E-state index is 5.45. The van der Waals surface area contributed by atoms with Crippen molar-refractivity contribution in [1.29, 1.82) is 0 Å². The lowest BCUT2D eigenvalue weighted by molar-refractivity contribution is -0.00834. The average molecular weight is 327 g/mol. The van der Waals surface area contributed by atoms with Crippen molar-refractivity contribution in [3.63, 3.8) is 0 Å². The first-order valence-corrected chi connectivity index (χ1v) is 9.15. The molecule has 1 atom stereocenters. The first kappa shape index (κ1) is 20.2. The number of morpholine rings is 1. The first-order valence-electron chi connectivity index (χ1n) is 9.15. The zero-order valence-electron chi connectivity index (χ0n) is 16.1. The molecule has 0 amide bonds. The number of hydrogen-bond acceptors (Lipinski definition) is 3. The van der Waals surface area contributed by atoms with E-state index < -0.39 is 0 Å². The maximum Gasteiger partial charge on any atom is 0.191 e. The van der Waals surface area contributed by atoms with Gasteiger partial charge in [-0.25, -0.2) is 0 Å². The molecule has 1 rings (SSSR count). The van der Waals surface area contributed by atoms with E-state index in [4.69, 9.17) is 4.74 Å². The van der Waals surface area contributed by atoms with Crippen LogP contribution in [0.2, 0.25) is 0 Å². The lowest BCUT2D eigenvalue weighted by Gasteiger charge is -2.41. The van der Waals surface area contributed by atoms with Crippen molar-refractivity contribution in [3.8, 4) is 0 Å². The highest BCUT2D eigenvalue weighted by atomic mass is 16.5. The van der Waals surface area contributed by atoms with Gasteiger partial charge in [-0.2, -0.15) is 0 Å². The van der Waals surface area contributed by atoms with Crippen molar-refractivity contribution in [2.75, 3.05) is 39.9 Å². The molecule has 1 aliphatic heterocycles. The van der Waals surface area contributed by atoms with Crippen LogP contribution in [0.3, 0.4) is 0 Å². The minimum atomic E-state index is 0.0995. The monoisotopic (exact) mass is 326 g/mol. The van der Waals surface area contributed by atoms with Gasteiger partial charge in [0.15, 0.2) is 5.96 Å². The van der Waals surface area contributed by atoms with Gasteiger partial charge in [0.1, 0.15) is 0 Å². The van der Waals surface area contributed by atoms with Crippen LogP contribution in [-0.4, -0.2) is 62.3 Å². The molecule has 1 saturated heterocycles. The summed E-state index contributed by atoms with van der Waals surface area (Å²) in [6, 6.07) is 0.450. The van der Waals surface area contributed by atoms with Gasteiger partial charge in [-0.15, -0.1) is 0 Å². The van der Waals surface area contributed by atoms with Crippen LogP contribution in [0.15, 0.2) is 4.99 Å². The fraction of sp³-hybridized carbons (Fsp3) is 0.944. The lowest BCUT2D eigenvalue weighted by Crippen LogP contribution is -2.57. The molecule has 23 heavy (non-hydrogen) atoms. The van der Waals surface area contributed by atoms with Crippen LogP contribution in [-0.2, 0) is 4.74 Å². The van der Waals surface area contributed by atoms with E-state index in [0.29, 0.717) is 6.04 Å². The Morgan fingerprint density at radius 3 is 2.39 bits per heavy atom. The van der Waals surface area contributed by atoms with Gasteiger partial charge >= 0.3 is 0 Å². The minimum absolute atomic E-state index is 0.0995. The van der Waals surface area contributed by atoms with E-state index in [2.05, 4.69) is 55.1 Å². The summed E-state index contributed by atoms with van der Waals surface area (Å²) < 4.78 is 5.45. The minimum Gasteiger partial charge on any atom is -0.379 e. The third-order valence-electron chi connectivity index (χ3n) is 4.58. The molecule has 0 spiro atoms. The third-order valence-corrected chi connectivity index (χ3v) is 4.58. The molecule has 0 aromatic heterocycles. The largest absolute Gasteiger partial charge is 0.379 e. The summed E-state index contributed by atoms with van der Waals surface area (Å²) >= 11 is 0. The Hall–Kier alpha value is -0.810. The van der Waals surface area contributed by atoms with Gasteiger partial charge in [-0.3, -0.25) is 9.89 Å². The molecule has 5 heteroatoms. The molecular weight excluding hydrogens is 288 g/mol. The van der Waals surface area contributed by atoms with Gasteiger partial charge in [0, 0.05) is 38.3 Å². The summed E-state index contributed by atoms with van der Waals surface area (Å²) in [7, 11) is 1.85. The predicted octanol–water partition coefficient (Wildman–Crippen LogP) is 2.48. The molecule has 136 valence electrons. The number of hydrogen-bond donors (Lipinski definition) is 2. The summed E-state index contributed by atoms with van der Waals surface area (Å²) in [4.78, 5) is 6.86. The van der Waals surface area contributed by atoms with Crippen molar-refractivity contribution in [3.05, 3.63) is 0 Å². The van der Waals surface area contributed by atoms with Crippen LogP contribution < -0.4 is 10.6 Å². The van der Waals surface area contributed by atoms with Crippen LogP contribution in [0.5, 0.6) is 0 Å². The molecule has 0 radical (unpaired) electrons. The Morgan fingerprint density at radius 2 is 1.83 bits per heavy atom. The van der Waals surface area contributed by atoms with E-state index in [1.165, 1.54) is 19.3 Å². The predicted molar refractivity (Wildman–Crippen MR) is 99.1 cm³/mol. The van der Waals surface area contributed by atoms with Crippen LogP contribution in [0.1, 0.15) is 53.9 Å². The zero-order chi connectivity index (χ0) is 17.3. The van der Waals surface area contributed by atoms with Crippen molar-refractivity contribution in [1.82, 2.24) is 15.5 Å². The lowest BCUT2D eigenvalue weighted by atomic mass is 10.0. The second kappa shape index (κ2) is 10.1. The Labute approximate surface area is 143 Å². The van der Waals surface area contributed by atoms with E-state index >= 15 is 0 Å². The Bertz CT molecular complexity index is 349. The standard InChI is InChI=1S/C18H38N4O/c1-15(2)8-7-9-16(3)21-17(19-6)20-14-18(4,5)22-10-12-23-13-11-22/h15-16H,7-14H2,1-6H3,(H2,19,20,21). The zero-order valence-corrected chi connectivity index (χ0v) is 16.1. The quantitative estimate of drug-likeness (QED) is 0.531. The van der Waals surface area contributed by atoms with Gasteiger partial charge in [-0.1, -0.05) is 26.7 Å². The molecular formula is C18H38N4O. The number of guanidine groups is 1. The molecule has 1 heterocycles. The summed E-state index contributed by atoms with van der Waals surface area (Å²) in [6.45, 7) is 15.9. The van der Waals surface area contributed by atoms with E-state index in [0.717, 1.165) is 44.7 Å². The van der Waals surface area contributed by atoms with E-state index in [1.54, 1.807) is 0 Å². The summed E-state index contributed by atoms with van der Waals surface area (Å²) in [5.41, 5.74) is 0.0995. The van der Waals surface area contributed by atoms with Crippen LogP contribution >= 0.6 is 0 Å². The maximum atomic E-state index is 5.45. The second-order valence-electron chi connectivity index (χ2n) is 7.71. The van der Waals surface area contributed by atoms with Gasteiger partial charge in [0.2, 0.25) is 0 Å². The van der Waals surface area contributed by atoms with Crippen molar-refractivity contribution in [2.24, 2.45) is 10.9 Å². The Morgan fingerprint density at radius 1 is 1.17 bits per heavy atom. The van der Waals surface area contributed by atoms with Crippen molar-refractivity contribution >= 4 is 5.96 Å². The molecule has 1 fully saturated rings. The second-order valence-corrected chi connectivity index (χ2v) is 7.71. The van der Waals surface area contributed by atoms with Crippen molar-refractivity contribution in [2.45, 2.75) is 65.5 Å². The number of rotatable bonds is 8. The van der Waals surface area contributed by atoms with E-state index in [-0.39, 0.29) is 5.54 Å². The topological polar surface area (TPSA) is 48.9 Å². The molecule has 1 aliphatic rings. The number of nitrogens with one attached hydrogen (secondary N) is 2. The highest BCUT2D eigenvalue weighted by Crippen LogP contribution is 2.15. The summed E-state index contributed by atoms with van der Waals surface area (Å²) in [5.74, 6) is 1.69. The Kier molecular flexibility index (Phi) is 8.92. The molecule has 1 unspecified atom stereocenters. The molecule has 0 bridgehead atoms. The SMILES string of the molecule is CN=C(NCC(C)(C)N1CCOCC1)NC(C)CCCC(C)C.